The molecule has 0 bridgehead atoms. The largest absolute Gasteiger partial charge is 0.370 e. The summed E-state index contributed by atoms with van der Waals surface area (Å²) in [5.74, 6) is 1.75. The first-order valence-corrected chi connectivity index (χ1v) is 6.92. The third kappa shape index (κ3) is 3.66. The van der Waals surface area contributed by atoms with Crippen LogP contribution in [0.25, 0.3) is 0 Å². The molecule has 0 radical (unpaired) electrons. The van der Waals surface area contributed by atoms with E-state index in [-0.39, 0.29) is 4.75 Å². The lowest BCUT2D eigenvalue weighted by atomic mass is 10.1. The molecule has 4 heteroatoms. The van der Waals surface area contributed by atoms with Gasteiger partial charge in [-0.3, -0.25) is 4.99 Å². The number of guanidine groups is 1. The van der Waals surface area contributed by atoms with Gasteiger partial charge in [-0.1, -0.05) is 18.2 Å². The van der Waals surface area contributed by atoms with E-state index in [1.807, 2.05) is 42.1 Å². The van der Waals surface area contributed by atoms with E-state index in [2.05, 4.69) is 17.2 Å². The average Bonchev–Trinajstić information content (AvgIpc) is 2.76. The van der Waals surface area contributed by atoms with Gasteiger partial charge in [0.15, 0.2) is 5.96 Å². The Labute approximate surface area is 107 Å². The van der Waals surface area contributed by atoms with Gasteiger partial charge in [0.2, 0.25) is 0 Å². The SMILES string of the molecule is CC1(CN=C(N)Nc2ccccc2)CCCS1. The van der Waals surface area contributed by atoms with Crippen LogP contribution in [0.2, 0.25) is 0 Å². The fraction of sp³-hybridized carbons (Fsp3) is 0.462. The Balaban J connectivity index is 1.89. The summed E-state index contributed by atoms with van der Waals surface area (Å²) in [5.41, 5.74) is 6.86. The molecule has 1 aliphatic rings. The molecule has 3 N–H and O–H groups in total. The molecule has 17 heavy (non-hydrogen) atoms. The highest BCUT2D eigenvalue weighted by atomic mass is 32.2. The quantitative estimate of drug-likeness (QED) is 0.639. The normalized spacial score (nSPS) is 24.9. The highest BCUT2D eigenvalue weighted by Crippen LogP contribution is 2.37. The van der Waals surface area contributed by atoms with Crippen LogP contribution in [0.4, 0.5) is 5.69 Å². The maximum absolute atomic E-state index is 5.87. The number of nitrogens with zero attached hydrogens (tertiary/aromatic N) is 1. The van der Waals surface area contributed by atoms with Crippen molar-refractivity contribution in [2.45, 2.75) is 24.5 Å². The lowest BCUT2D eigenvalue weighted by Gasteiger charge is -2.19. The van der Waals surface area contributed by atoms with E-state index in [0.29, 0.717) is 5.96 Å². The number of para-hydroxylation sites is 1. The summed E-state index contributed by atoms with van der Waals surface area (Å²) in [4.78, 5) is 4.44. The van der Waals surface area contributed by atoms with Gasteiger partial charge in [0.25, 0.3) is 0 Å². The Hall–Kier alpha value is -1.16. The van der Waals surface area contributed by atoms with Crippen LogP contribution < -0.4 is 11.1 Å². The second kappa shape index (κ2) is 5.45. The van der Waals surface area contributed by atoms with Crippen LogP contribution in [0.5, 0.6) is 0 Å². The maximum Gasteiger partial charge on any atom is 0.193 e. The fourth-order valence-electron chi connectivity index (χ4n) is 1.92. The van der Waals surface area contributed by atoms with Crippen LogP contribution in [0.1, 0.15) is 19.8 Å². The molecular formula is C13H19N3S. The molecule has 1 aliphatic heterocycles. The topological polar surface area (TPSA) is 50.4 Å². The van der Waals surface area contributed by atoms with Crippen molar-refractivity contribution < 1.29 is 0 Å². The Bertz CT molecular complexity index is 383. The van der Waals surface area contributed by atoms with Gasteiger partial charge >= 0.3 is 0 Å². The van der Waals surface area contributed by atoms with E-state index in [4.69, 9.17) is 5.73 Å². The predicted octanol–water partition coefficient (Wildman–Crippen LogP) is 2.70. The van der Waals surface area contributed by atoms with Crippen LogP contribution in [0, 0.1) is 0 Å². The highest BCUT2D eigenvalue weighted by Gasteiger charge is 2.28. The first-order valence-electron chi connectivity index (χ1n) is 5.94. The summed E-state index contributed by atoms with van der Waals surface area (Å²) < 4.78 is 0.281. The zero-order valence-electron chi connectivity index (χ0n) is 10.1. The van der Waals surface area contributed by atoms with Crippen molar-refractivity contribution in [2.75, 3.05) is 17.6 Å². The lowest BCUT2D eigenvalue weighted by molar-refractivity contribution is 0.619. The Morgan fingerprint density at radius 1 is 1.47 bits per heavy atom. The van der Waals surface area contributed by atoms with E-state index in [1.165, 1.54) is 18.6 Å². The van der Waals surface area contributed by atoms with E-state index < -0.39 is 0 Å². The maximum atomic E-state index is 5.87. The molecule has 1 aromatic rings. The van der Waals surface area contributed by atoms with Gasteiger partial charge in [0, 0.05) is 10.4 Å². The van der Waals surface area contributed by atoms with Crippen molar-refractivity contribution in [3.05, 3.63) is 30.3 Å². The number of hydrogen-bond acceptors (Lipinski definition) is 2. The third-order valence-corrected chi connectivity index (χ3v) is 4.45. The van der Waals surface area contributed by atoms with E-state index in [9.17, 15) is 0 Å². The van der Waals surface area contributed by atoms with Crippen LogP contribution >= 0.6 is 11.8 Å². The second-order valence-electron chi connectivity index (χ2n) is 4.59. The Kier molecular flexibility index (Phi) is 3.94. The van der Waals surface area contributed by atoms with Crippen LogP contribution in [0.15, 0.2) is 35.3 Å². The monoisotopic (exact) mass is 249 g/mol. The molecule has 1 saturated heterocycles. The molecule has 0 saturated carbocycles. The molecule has 0 spiro atoms. The number of anilines is 1. The number of rotatable bonds is 3. The second-order valence-corrected chi connectivity index (χ2v) is 6.28. The molecule has 0 aliphatic carbocycles. The molecule has 1 aromatic carbocycles. The van der Waals surface area contributed by atoms with Crippen molar-refractivity contribution in [2.24, 2.45) is 10.7 Å². The molecule has 2 rings (SSSR count). The zero-order valence-corrected chi connectivity index (χ0v) is 11.0. The van der Waals surface area contributed by atoms with E-state index >= 15 is 0 Å². The number of aliphatic imine (C=N–C) groups is 1. The zero-order chi connectivity index (χ0) is 12.1. The number of nitrogens with two attached hydrogens (primary N) is 1. The smallest absolute Gasteiger partial charge is 0.193 e. The van der Waals surface area contributed by atoms with Gasteiger partial charge in [0.05, 0.1) is 6.54 Å². The molecule has 1 atom stereocenters. The third-order valence-electron chi connectivity index (χ3n) is 2.93. The minimum absolute atomic E-state index is 0.281. The van der Waals surface area contributed by atoms with Gasteiger partial charge in [-0.25, -0.2) is 0 Å². The summed E-state index contributed by atoms with van der Waals surface area (Å²) in [6, 6.07) is 9.89. The van der Waals surface area contributed by atoms with Crippen molar-refractivity contribution >= 4 is 23.4 Å². The number of hydrogen-bond donors (Lipinski definition) is 2. The number of nitrogens with one attached hydrogen (secondary N) is 1. The summed E-state index contributed by atoms with van der Waals surface area (Å²) in [6.07, 6.45) is 2.53. The fourth-order valence-corrected chi connectivity index (χ4v) is 3.15. The Morgan fingerprint density at radius 2 is 2.24 bits per heavy atom. The molecule has 1 heterocycles. The molecule has 92 valence electrons. The van der Waals surface area contributed by atoms with Crippen molar-refractivity contribution in [3.63, 3.8) is 0 Å². The number of thioether (sulfide) groups is 1. The molecule has 0 amide bonds. The van der Waals surface area contributed by atoms with Crippen molar-refractivity contribution in [3.8, 4) is 0 Å². The average molecular weight is 249 g/mol. The van der Waals surface area contributed by atoms with Crippen molar-refractivity contribution in [1.29, 1.82) is 0 Å². The molecular weight excluding hydrogens is 230 g/mol. The van der Waals surface area contributed by atoms with Gasteiger partial charge in [-0.15, -0.1) is 0 Å². The van der Waals surface area contributed by atoms with E-state index in [0.717, 1.165) is 12.2 Å². The summed E-state index contributed by atoms with van der Waals surface area (Å²) in [6.45, 7) is 3.06. The molecule has 1 fully saturated rings. The summed E-state index contributed by atoms with van der Waals surface area (Å²) in [7, 11) is 0. The van der Waals surface area contributed by atoms with Crippen molar-refractivity contribution in [1.82, 2.24) is 0 Å². The minimum Gasteiger partial charge on any atom is -0.370 e. The summed E-state index contributed by atoms with van der Waals surface area (Å²) in [5, 5.41) is 3.10. The minimum atomic E-state index is 0.281. The lowest BCUT2D eigenvalue weighted by Crippen LogP contribution is -2.27. The van der Waals surface area contributed by atoms with Gasteiger partial charge in [-0.05, 0) is 37.7 Å². The van der Waals surface area contributed by atoms with Crippen LogP contribution in [-0.2, 0) is 0 Å². The van der Waals surface area contributed by atoms with Crippen LogP contribution in [-0.4, -0.2) is 23.0 Å². The molecule has 0 aromatic heterocycles. The standard InChI is InChI=1S/C13H19N3S/c1-13(8-5-9-17-13)10-15-12(14)16-11-6-3-2-4-7-11/h2-4,6-7H,5,8-10H2,1H3,(H3,14,15,16). The van der Waals surface area contributed by atoms with Gasteiger partial charge < -0.3 is 11.1 Å². The van der Waals surface area contributed by atoms with Crippen LogP contribution in [0.3, 0.4) is 0 Å². The highest BCUT2D eigenvalue weighted by molar-refractivity contribution is 8.00. The molecule has 3 nitrogen and oxygen atoms in total. The number of benzene rings is 1. The van der Waals surface area contributed by atoms with Gasteiger partial charge in [-0.2, -0.15) is 11.8 Å². The first kappa shape index (κ1) is 12.3. The summed E-state index contributed by atoms with van der Waals surface area (Å²) >= 11 is 2.00. The molecule has 1 unspecified atom stereocenters. The van der Waals surface area contributed by atoms with Gasteiger partial charge in [0.1, 0.15) is 0 Å². The van der Waals surface area contributed by atoms with E-state index in [1.54, 1.807) is 0 Å². The predicted molar refractivity (Wildman–Crippen MR) is 76.7 cm³/mol. The first-order chi connectivity index (χ1) is 8.18. The Morgan fingerprint density at radius 3 is 2.88 bits per heavy atom.